The Hall–Kier alpha value is -2.67. The molecule has 0 spiro atoms. The Balaban J connectivity index is 1.29. The summed E-state index contributed by atoms with van der Waals surface area (Å²) in [5, 5.41) is 8.83. The van der Waals surface area contributed by atoms with E-state index in [0.717, 1.165) is 23.8 Å². The number of fused-ring (bicyclic) bond motifs is 1. The first kappa shape index (κ1) is 24.5. The lowest BCUT2D eigenvalue weighted by molar-refractivity contribution is 0.0734. The first-order chi connectivity index (χ1) is 16.6. The number of hydrogen-bond acceptors (Lipinski definition) is 3. The molecule has 2 aliphatic carbocycles. The largest absolute Gasteiger partial charge is 0.423 e. The number of unbranched alkanes of at least 4 members (excludes halogenated alkanes) is 3. The van der Waals surface area contributed by atoms with Crippen LogP contribution in [0.1, 0.15) is 105 Å². The van der Waals surface area contributed by atoms with Crippen LogP contribution >= 0.6 is 0 Å². The van der Waals surface area contributed by atoms with E-state index < -0.39 is 11.8 Å². The number of nitrogens with zero attached hydrogens (tertiary/aromatic N) is 1. The van der Waals surface area contributed by atoms with Crippen molar-refractivity contribution >= 4 is 5.97 Å². The summed E-state index contributed by atoms with van der Waals surface area (Å²) in [4.78, 5) is 12.5. The molecule has 2 saturated carbocycles. The molecule has 34 heavy (non-hydrogen) atoms. The molecule has 4 atom stereocenters. The van der Waals surface area contributed by atoms with Crippen molar-refractivity contribution in [2.75, 3.05) is 0 Å². The number of carbonyl (C=O) groups is 1. The minimum Gasteiger partial charge on any atom is -0.423 e. The van der Waals surface area contributed by atoms with Gasteiger partial charge in [-0.1, -0.05) is 57.6 Å². The van der Waals surface area contributed by atoms with Gasteiger partial charge in [-0.05, 0) is 85.6 Å². The molecule has 3 nitrogen and oxygen atoms in total. The standard InChI is InChI=1S/C30H36FNO2/c1-2-3-4-5-6-21-7-8-26-18-25(14-13-24(26)17-21)22-9-11-23(12-10-22)30(33)34-28-16-15-27(20-32)29(31)19-28/h9-12,15-16,19,21,24-26H,2-8,13-14,17-18H2,1H3/t21-,24-,25?,26+/m0/s1. The smallest absolute Gasteiger partial charge is 0.343 e. The third-order valence-electron chi connectivity index (χ3n) is 8.08. The molecule has 1 unspecified atom stereocenters. The molecular formula is C30H36FNO2. The van der Waals surface area contributed by atoms with Crippen molar-refractivity contribution < 1.29 is 13.9 Å². The third kappa shape index (κ3) is 6.06. The summed E-state index contributed by atoms with van der Waals surface area (Å²) < 4.78 is 19.1. The monoisotopic (exact) mass is 461 g/mol. The third-order valence-corrected chi connectivity index (χ3v) is 8.08. The highest BCUT2D eigenvalue weighted by Crippen LogP contribution is 2.48. The second-order valence-corrected chi connectivity index (χ2v) is 10.3. The van der Waals surface area contributed by atoms with Gasteiger partial charge in [0.15, 0.2) is 0 Å². The molecule has 0 aromatic heterocycles. The quantitative estimate of drug-likeness (QED) is 0.226. The molecule has 0 radical (unpaired) electrons. The van der Waals surface area contributed by atoms with Crippen LogP contribution in [-0.2, 0) is 0 Å². The van der Waals surface area contributed by atoms with E-state index >= 15 is 0 Å². The molecule has 0 saturated heterocycles. The first-order valence-corrected chi connectivity index (χ1v) is 13.1. The van der Waals surface area contributed by atoms with E-state index in [4.69, 9.17) is 10.00 Å². The van der Waals surface area contributed by atoms with Crippen molar-refractivity contribution in [2.24, 2.45) is 17.8 Å². The lowest BCUT2D eigenvalue weighted by Crippen LogP contribution is -2.30. The average molecular weight is 462 g/mol. The van der Waals surface area contributed by atoms with E-state index in [1.54, 1.807) is 6.07 Å². The normalized spacial score (nSPS) is 24.1. The molecule has 2 aromatic rings. The summed E-state index contributed by atoms with van der Waals surface area (Å²) >= 11 is 0. The number of benzene rings is 2. The fourth-order valence-corrected chi connectivity index (χ4v) is 6.12. The van der Waals surface area contributed by atoms with E-state index in [-0.39, 0.29) is 11.3 Å². The second kappa shape index (κ2) is 11.6. The van der Waals surface area contributed by atoms with E-state index in [1.165, 1.54) is 88.3 Å². The minimum atomic E-state index is -0.690. The summed E-state index contributed by atoms with van der Waals surface area (Å²) in [6.45, 7) is 2.28. The zero-order valence-corrected chi connectivity index (χ0v) is 20.3. The van der Waals surface area contributed by atoms with Crippen LogP contribution in [0.25, 0.3) is 0 Å². The molecule has 4 rings (SSSR count). The summed E-state index contributed by atoms with van der Waals surface area (Å²) in [6, 6.07) is 13.3. The molecule has 0 aliphatic heterocycles. The average Bonchev–Trinajstić information content (AvgIpc) is 2.86. The minimum absolute atomic E-state index is 0.0701. The number of halogens is 1. The molecule has 2 aromatic carbocycles. The van der Waals surface area contributed by atoms with E-state index in [0.29, 0.717) is 11.5 Å². The predicted molar refractivity (Wildman–Crippen MR) is 132 cm³/mol. The summed E-state index contributed by atoms with van der Waals surface area (Å²) in [7, 11) is 0. The van der Waals surface area contributed by atoms with Crippen molar-refractivity contribution in [2.45, 2.75) is 83.5 Å². The summed E-state index contributed by atoms with van der Waals surface area (Å²) in [5.41, 5.74) is 1.69. The van der Waals surface area contributed by atoms with E-state index in [1.807, 2.05) is 12.1 Å². The van der Waals surface area contributed by atoms with E-state index in [2.05, 4.69) is 19.1 Å². The maximum Gasteiger partial charge on any atom is 0.343 e. The van der Waals surface area contributed by atoms with Gasteiger partial charge >= 0.3 is 5.97 Å². The first-order valence-electron chi connectivity index (χ1n) is 13.1. The lowest BCUT2D eigenvalue weighted by Gasteiger charge is -2.42. The number of nitriles is 1. The molecular weight excluding hydrogens is 425 g/mol. The number of ether oxygens (including phenoxy) is 1. The number of esters is 1. The summed E-state index contributed by atoms with van der Waals surface area (Å²) in [5.74, 6) is 2.17. The van der Waals surface area contributed by atoms with Crippen molar-refractivity contribution in [3.63, 3.8) is 0 Å². The van der Waals surface area contributed by atoms with Gasteiger partial charge in [-0.3, -0.25) is 0 Å². The van der Waals surface area contributed by atoms with Crippen molar-refractivity contribution in [3.8, 4) is 11.8 Å². The Kier molecular flexibility index (Phi) is 8.38. The maximum absolute atomic E-state index is 13.8. The maximum atomic E-state index is 13.8. The highest BCUT2D eigenvalue weighted by atomic mass is 19.1. The van der Waals surface area contributed by atoms with Crippen LogP contribution in [0.2, 0.25) is 0 Å². The molecule has 0 N–H and O–H groups in total. The van der Waals surface area contributed by atoms with Crippen molar-refractivity contribution in [1.29, 1.82) is 5.26 Å². The van der Waals surface area contributed by atoms with Gasteiger partial charge in [0.2, 0.25) is 0 Å². The molecule has 0 amide bonds. The van der Waals surface area contributed by atoms with Gasteiger partial charge in [0.1, 0.15) is 17.6 Å². The Labute approximate surface area is 203 Å². The van der Waals surface area contributed by atoms with Gasteiger partial charge in [-0.25, -0.2) is 9.18 Å². The molecule has 0 heterocycles. The Bertz CT molecular complexity index is 1010. The highest BCUT2D eigenvalue weighted by molar-refractivity contribution is 5.91. The Morgan fingerprint density at radius 3 is 2.50 bits per heavy atom. The van der Waals surface area contributed by atoms with Gasteiger partial charge < -0.3 is 4.74 Å². The topological polar surface area (TPSA) is 50.1 Å². The molecule has 0 bridgehead atoms. The zero-order valence-electron chi connectivity index (χ0n) is 20.3. The number of hydrogen-bond donors (Lipinski definition) is 0. The lowest BCUT2D eigenvalue weighted by atomic mass is 9.63. The van der Waals surface area contributed by atoms with Gasteiger partial charge in [0.05, 0.1) is 11.1 Å². The molecule has 4 heteroatoms. The van der Waals surface area contributed by atoms with Crippen molar-refractivity contribution in [1.82, 2.24) is 0 Å². The highest BCUT2D eigenvalue weighted by Gasteiger charge is 2.35. The Morgan fingerprint density at radius 2 is 1.76 bits per heavy atom. The van der Waals surface area contributed by atoms with Gasteiger partial charge in [0.25, 0.3) is 0 Å². The fraction of sp³-hybridized carbons (Fsp3) is 0.533. The molecule has 2 aliphatic rings. The fourth-order valence-electron chi connectivity index (χ4n) is 6.12. The van der Waals surface area contributed by atoms with Crippen LogP contribution < -0.4 is 4.74 Å². The van der Waals surface area contributed by atoms with Crippen molar-refractivity contribution in [3.05, 3.63) is 65.0 Å². The van der Waals surface area contributed by atoms with Crippen LogP contribution in [0.4, 0.5) is 4.39 Å². The SMILES string of the molecule is CCCCCC[C@H]1CC[C@@H]2CC(c3ccc(C(=O)Oc4ccc(C#N)c(F)c4)cc3)CC[C@H]2C1. The van der Waals surface area contributed by atoms with Gasteiger partial charge in [-0.15, -0.1) is 0 Å². The van der Waals surface area contributed by atoms with Crippen LogP contribution in [0, 0.1) is 34.9 Å². The second-order valence-electron chi connectivity index (χ2n) is 10.3. The van der Waals surface area contributed by atoms with E-state index in [9.17, 15) is 9.18 Å². The van der Waals surface area contributed by atoms with Crippen LogP contribution in [-0.4, -0.2) is 5.97 Å². The zero-order chi connectivity index (χ0) is 23.9. The Morgan fingerprint density at radius 1 is 1.00 bits per heavy atom. The van der Waals surface area contributed by atoms with Crippen LogP contribution in [0.3, 0.4) is 0 Å². The van der Waals surface area contributed by atoms with Gasteiger partial charge in [0, 0.05) is 6.07 Å². The van der Waals surface area contributed by atoms with Crippen LogP contribution in [0.5, 0.6) is 5.75 Å². The number of rotatable bonds is 8. The molecule has 2 fully saturated rings. The van der Waals surface area contributed by atoms with Crippen LogP contribution in [0.15, 0.2) is 42.5 Å². The summed E-state index contributed by atoms with van der Waals surface area (Å²) in [6.07, 6.45) is 15.0. The number of carbonyl (C=O) groups excluding carboxylic acids is 1. The molecule has 180 valence electrons. The predicted octanol–water partition coefficient (Wildman–Crippen LogP) is 8.19. The van der Waals surface area contributed by atoms with Gasteiger partial charge in [-0.2, -0.15) is 5.26 Å².